The largest absolute Gasteiger partial charge is 0.313 e. The minimum Gasteiger partial charge on any atom is -0.313 e. The first-order valence-corrected chi connectivity index (χ1v) is 7.24. The molecule has 0 aromatic rings. The number of hydrogen-bond donors (Lipinski definition) is 1. The van der Waals surface area contributed by atoms with Crippen LogP contribution >= 0.6 is 0 Å². The predicted octanol–water partition coefficient (Wildman–Crippen LogP) is 3.84. The third-order valence-electron chi connectivity index (χ3n) is 5.02. The van der Waals surface area contributed by atoms with Gasteiger partial charge in [-0.1, -0.05) is 40.5 Å². The molecule has 16 heavy (non-hydrogen) atoms. The first kappa shape index (κ1) is 12.4. The Hall–Kier alpha value is -0.0400. The van der Waals surface area contributed by atoms with Crippen molar-refractivity contribution in [2.75, 3.05) is 6.54 Å². The Morgan fingerprint density at radius 3 is 2.38 bits per heavy atom. The van der Waals surface area contributed by atoms with Gasteiger partial charge in [0.15, 0.2) is 0 Å². The van der Waals surface area contributed by atoms with E-state index in [1.807, 2.05) is 0 Å². The molecule has 0 aromatic heterocycles. The summed E-state index contributed by atoms with van der Waals surface area (Å²) < 4.78 is 0. The fraction of sp³-hybridized carbons (Fsp3) is 1.00. The molecule has 2 aliphatic carbocycles. The van der Waals surface area contributed by atoms with Gasteiger partial charge in [-0.25, -0.2) is 0 Å². The van der Waals surface area contributed by atoms with Crippen molar-refractivity contribution in [1.82, 2.24) is 5.32 Å². The Bertz CT molecular complexity index is 232. The lowest BCUT2D eigenvalue weighted by Gasteiger charge is -2.35. The summed E-state index contributed by atoms with van der Waals surface area (Å²) in [6.45, 7) is 10.9. The van der Waals surface area contributed by atoms with Gasteiger partial charge in [-0.2, -0.15) is 0 Å². The number of nitrogens with one attached hydrogen (secondary N) is 1. The third kappa shape index (κ3) is 2.80. The Labute approximate surface area is 101 Å². The van der Waals surface area contributed by atoms with E-state index in [4.69, 9.17) is 0 Å². The minimum absolute atomic E-state index is 0.634. The lowest BCUT2D eigenvalue weighted by Crippen LogP contribution is -2.42. The molecular formula is C15H29N. The van der Waals surface area contributed by atoms with Gasteiger partial charge in [0.25, 0.3) is 0 Å². The van der Waals surface area contributed by atoms with Crippen molar-refractivity contribution < 1.29 is 0 Å². The summed E-state index contributed by atoms with van der Waals surface area (Å²) in [6.07, 6.45) is 7.18. The van der Waals surface area contributed by atoms with Crippen LogP contribution in [0, 0.1) is 23.2 Å². The Balaban J connectivity index is 1.78. The van der Waals surface area contributed by atoms with Crippen molar-refractivity contribution in [3.63, 3.8) is 0 Å². The van der Waals surface area contributed by atoms with Crippen LogP contribution in [0.2, 0.25) is 0 Å². The van der Waals surface area contributed by atoms with Gasteiger partial charge in [-0.15, -0.1) is 0 Å². The molecule has 1 nitrogen and oxygen atoms in total. The fourth-order valence-electron chi connectivity index (χ4n) is 3.43. The molecule has 3 atom stereocenters. The van der Waals surface area contributed by atoms with E-state index in [1.165, 1.54) is 38.6 Å². The zero-order valence-electron chi connectivity index (χ0n) is 11.6. The molecule has 1 N–H and O–H groups in total. The SMILES string of the molecule is CC(C)C1CCCCC1NCC1CC1(C)C. The zero-order valence-corrected chi connectivity index (χ0v) is 11.6. The Morgan fingerprint density at radius 2 is 1.81 bits per heavy atom. The average Bonchev–Trinajstić information content (AvgIpc) is 2.84. The molecule has 1 heteroatoms. The molecular weight excluding hydrogens is 194 g/mol. The van der Waals surface area contributed by atoms with Crippen molar-refractivity contribution in [2.24, 2.45) is 23.2 Å². The van der Waals surface area contributed by atoms with Crippen LogP contribution in [0.1, 0.15) is 59.8 Å². The van der Waals surface area contributed by atoms with E-state index in [-0.39, 0.29) is 0 Å². The summed E-state index contributed by atoms with van der Waals surface area (Å²) in [6, 6.07) is 0.810. The molecule has 2 fully saturated rings. The Kier molecular flexibility index (Phi) is 3.63. The van der Waals surface area contributed by atoms with Crippen LogP contribution < -0.4 is 5.32 Å². The molecule has 0 heterocycles. The molecule has 0 spiro atoms. The van der Waals surface area contributed by atoms with Crippen LogP contribution in [0.25, 0.3) is 0 Å². The third-order valence-corrected chi connectivity index (χ3v) is 5.02. The maximum Gasteiger partial charge on any atom is 0.00978 e. The second kappa shape index (κ2) is 4.68. The molecule has 2 saturated carbocycles. The molecule has 0 radical (unpaired) electrons. The van der Waals surface area contributed by atoms with Gasteiger partial charge < -0.3 is 5.32 Å². The summed E-state index contributed by atoms with van der Waals surface area (Å²) in [5, 5.41) is 3.87. The van der Waals surface area contributed by atoms with E-state index in [9.17, 15) is 0 Å². The molecule has 0 aliphatic heterocycles. The quantitative estimate of drug-likeness (QED) is 0.763. The molecule has 0 saturated heterocycles. The zero-order chi connectivity index (χ0) is 11.8. The minimum atomic E-state index is 0.634. The summed E-state index contributed by atoms with van der Waals surface area (Å²) in [5.41, 5.74) is 0.634. The molecule has 2 rings (SSSR count). The van der Waals surface area contributed by atoms with Gasteiger partial charge in [0.05, 0.1) is 0 Å². The number of hydrogen-bond acceptors (Lipinski definition) is 1. The summed E-state index contributed by atoms with van der Waals surface area (Å²) in [7, 11) is 0. The maximum absolute atomic E-state index is 3.87. The summed E-state index contributed by atoms with van der Waals surface area (Å²) in [4.78, 5) is 0. The molecule has 0 bridgehead atoms. The fourth-order valence-corrected chi connectivity index (χ4v) is 3.43. The molecule has 0 amide bonds. The van der Waals surface area contributed by atoms with Crippen molar-refractivity contribution in [3.05, 3.63) is 0 Å². The van der Waals surface area contributed by atoms with Crippen molar-refractivity contribution in [1.29, 1.82) is 0 Å². The second-order valence-electron chi connectivity index (χ2n) is 7.10. The average molecular weight is 223 g/mol. The molecule has 94 valence electrons. The van der Waals surface area contributed by atoms with Gasteiger partial charge in [0, 0.05) is 6.04 Å². The highest BCUT2D eigenvalue weighted by atomic mass is 14.9. The van der Waals surface area contributed by atoms with Gasteiger partial charge in [0.1, 0.15) is 0 Å². The van der Waals surface area contributed by atoms with Gasteiger partial charge in [-0.3, -0.25) is 0 Å². The van der Waals surface area contributed by atoms with Crippen molar-refractivity contribution in [3.8, 4) is 0 Å². The van der Waals surface area contributed by atoms with Crippen LogP contribution in [-0.4, -0.2) is 12.6 Å². The first-order valence-electron chi connectivity index (χ1n) is 7.24. The predicted molar refractivity (Wildman–Crippen MR) is 70.5 cm³/mol. The van der Waals surface area contributed by atoms with E-state index in [0.717, 1.165) is 23.8 Å². The van der Waals surface area contributed by atoms with E-state index in [0.29, 0.717) is 5.41 Å². The van der Waals surface area contributed by atoms with Gasteiger partial charge in [-0.05, 0) is 49.0 Å². The van der Waals surface area contributed by atoms with E-state index in [2.05, 4.69) is 33.0 Å². The topological polar surface area (TPSA) is 12.0 Å². The molecule has 2 aliphatic rings. The number of rotatable bonds is 4. The van der Waals surface area contributed by atoms with E-state index < -0.39 is 0 Å². The standard InChI is InChI=1S/C15H29N/c1-11(2)13-7-5-6-8-14(13)16-10-12-9-15(12,3)4/h11-14,16H,5-10H2,1-4H3. The van der Waals surface area contributed by atoms with Crippen LogP contribution in [0.4, 0.5) is 0 Å². The lowest BCUT2D eigenvalue weighted by molar-refractivity contribution is 0.203. The summed E-state index contributed by atoms with van der Waals surface area (Å²) in [5.74, 6) is 2.72. The highest BCUT2D eigenvalue weighted by Crippen LogP contribution is 2.51. The van der Waals surface area contributed by atoms with Crippen LogP contribution in [0.3, 0.4) is 0 Å². The monoisotopic (exact) mass is 223 g/mol. The summed E-state index contributed by atoms with van der Waals surface area (Å²) >= 11 is 0. The van der Waals surface area contributed by atoms with Crippen LogP contribution in [-0.2, 0) is 0 Å². The second-order valence-corrected chi connectivity index (χ2v) is 7.10. The maximum atomic E-state index is 3.87. The lowest BCUT2D eigenvalue weighted by atomic mass is 9.78. The normalized spacial score (nSPS) is 37.7. The van der Waals surface area contributed by atoms with Crippen molar-refractivity contribution >= 4 is 0 Å². The highest BCUT2D eigenvalue weighted by Gasteiger charge is 2.45. The molecule has 0 aromatic carbocycles. The molecule has 3 unspecified atom stereocenters. The van der Waals surface area contributed by atoms with Crippen LogP contribution in [0.5, 0.6) is 0 Å². The Morgan fingerprint density at radius 1 is 1.19 bits per heavy atom. The smallest absolute Gasteiger partial charge is 0.00978 e. The van der Waals surface area contributed by atoms with Crippen molar-refractivity contribution in [2.45, 2.75) is 65.8 Å². The van der Waals surface area contributed by atoms with Gasteiger partial charge >= 0.3 is 0 Å². The first-order chi connectivity index (χ1) is 7.50. The van der Waals surface area contributed by atoms with Crippen LogP contribution in [0.15, 0.2) is 0 Å². The van der Waals surface area contributed by atoms with E-state index in [1.54, 1.807) is 0 Å². The highest BCUT2D eigenvalue weighted by molar-refractivity contribution is 4.97. The van der Waals surface area contributed by atoms with Gasteiger partial charge in [0.2, 0.25) is 0 Å². The van der Waals surface area contributed by atoms with E-state index >= 15 is 0 Å².